The van der Waals surface area contributed by atoms with Crippen LogP contribution < -0.4 is 20.9 Å². The van der Waals surface area contributed by atoms with Gasteiger partial charge in [-0.3, -0.25) is 28.8 Å². The van der Waals surface area contributed by atoms with Crippen LogP contribution in [0.25, 0.3) is 0 Å². The summed E-state index contributed by atoms with van der Waals surface area (Å²) in [5.74, 6) is -0.0909. The van der Waals surface area contributed by atoms with Crippen molar-refractivity contribution in [2.24, 2.45) is 5.73 Å². The summed E-state index contributed by atoms with van der Waals surface area (Å²) < 4.78 is 46.2. The number of primary amides is 1. The first-order chi connectivity index (χ1) is 23.7. The standard InChI is InChI=1S/C37H21F3N4O6/c1-4-19-6-10-23-26(14-19)34(49)43(32(23)47)29-16-21(8-12-25(29)31(41)46)36(3,37(38,39)40)22-9-13-28(42-18-45)30(17-22)44-33(48)24-11-7-20(5-2)15-27(24)35(44)50/h1-2,6-18H,3H3,(H2,41,46)(H,42,45). The van der Waals surface area contributed by atoms with Crippen molar-refractivity contribution in [3.05, 3.63) is 123 Å². The number of rotatable bonds is 7. The maximum Gasteiger partial charge on any atom is 0.402 e. The zero-order chi connectivity index (χ0) is 36.3. The third kappa shape index (κ3) is 4.79. The van der Waals surface area contributed by atoms with E-state index < -0.39 is 63.5 Å². The van der Waals surface area contributed by atoms with Crippen LogP contribution in [0.1, 0.15) is 81.0 Å². The molecule has 0 aromatic heterocycles. The Kier molecular flexibility index (Phi) is 7.65. The summed E-state index contributed by atoms with van der Waals surface area (Å²) in [5.41, 5.74) is 0.193. The Morgan fingerprint density at radius 2 is 1.18 bits per heavy atom. The number of nitrogens with zero attached hydrogens (tertiary/aromatic N) is 2. The van der Waals surface area contributed by atoms with Crippen LogP contribution >= 0.6 is 0 Å². The topological polar surface area (TPSA) is 147 Å². The second-order valence-corrected chi connectivity index (χ2v) is 11.4. The van der Waals surface area contributed by atoms with Gasteiger partial charge in [0.2, 0.25) is 6.41 Å². The van der Waals surface area contributed by atoms with E-state index in [2.05, 4.69) is 17.2 Å². The first-order valence-electron chi connectivity index (χ1n) is 14.5. The third-order valence-electron chi connectivity index (χ3n) is 8.79. The van der Waals surface area contributed by atoms with Crippen LogP contribution in [0.3, 0.4) is 0 Å². The fourth-order valence-corrected chi connectivity index (χ4v) is 6.04. The molecule has 13 heteroatoms. The number of hydrogen-bond donors (Lipinski definition) is 2. The maximum absolute atomic E-state index is 15.4. The fraction of sp³-hybridized carbons (Fsp3) is 0.0811. The van der Waals surface area contributed by atoms with Crippen LogP contribution in [0.2, 0.25) is 0 Å². The van der Waals surface area contributed by atoms with Crippen molar-refractivity contribution in [1.82, 2.24) is 0 Å². The van der Waals surface area contributed by atoms with Crippen molar-refractivity contribution < 1.29 is 41.9 Å². The number of carbonyl (C=O) groups is 6. The molecule has 2 heterocycles. The highest BCUT2D eigenvalue weighted by Crippen LogP contribution is 2.49. The molecule has 0 fully saturated rings. The van der Waals surface area contributed by atoms with E-state index in [0.29, 0.717) is 9.80 Å². The Bertz CT molecular complexity index is 2330. The van der Waals surface area contributed by atoms with Gasteiger partial charge in [0.1, 0.15) is 5.41 Å². The number of fused-ring (bicyclic) bond motifs is 2. The summed E-state index contributed by atoms with van der Waals surface area (Å²) in [4.78, 5) is 79.1. The van der Waals surface area contributed by atoms with Gasteiger partial charge in [0.05, 0.1) is 44.9 Å². The van der Waals surface area contributed by atoms with Crippen molar-refractivity contribution in [2.45, 2.75) is 18.5 Å². The SMILES string of the molecule is C#Cc1ccc2c(c1)C(=O)N(c1cc(C(C)(c3ccc(C(N)=O)c(N4C(=O)c5ccc(C#C)cc5C4=O)c3)C(F)(F)F)ccc1NC=O)C2=O. The van der Waals surface area contributed by atoms with E-state index in [1.807, 2.05) is 0 Å². The van der Waals surface area contributed by atoms with E-state index in [-0.39, 0.29) is 51.2 Å². The van der Waals surface area contributed by atoms with E-state index in [1.165, 1.54) is 36.4 Å². The summed E-state index contributed by atoms with van der Waals surface area (Å²) in [5, 5.41) is 2.31. The Labute approximate surface area is 281 Å². The number of amides is 6. The van der Waals surface area contributed by atoms with Gasteiger partial charge in [0.25, 0.3) is 29.5 Å². The Morgan fingerprint density at radius 3 is 1.64 bits per heavy atom. The van der Waals surface area contributed by atoms with Crippen molar-refractivity contribution in [3.63, 3.8) is 0 Å². The predicted molar refractivity (Wildman–Crippen MR) is 175 cm³/mol. The molecule has 6 rings (SSSR count). The molecule has 4 aromatic carbocycles. The van der Waals surface area contributed by atoms with Gasteiger partial charge >= 0.3 is 6.18 Å². The minimum absolute atomic E-state index is 0.0583. The maximum atomic E-state index is 15.4. The lowest BCUT2D eigenvalue weighted by atomic mass is 9.74. The smallest absolute Gasteiger partial charge is 0.366 e. The molecular formula is C37H21F3N4O6. The summed E-state index contributed by atoms with van der Waals surface area (Å²) in [6, 6.07) is 13.8. The molecule has 246 valence electrons. The molecule has 10 nitrogen and oxygen atoms in total. The van der Waals surface area contributed by atoms with E-state index in [0.717, 1.165) is 43.3 Å². The van der Waals surface area contributed by atoms with E-state index in [9.17, 15) is 28.8 Å². The number of halogens is 3. The van der Waals surface area contributed by atoms with Crippen LogP contribution in [0.4, 0.5) is 30.2 Å². The Hall–Kier alpha value is -6.99. The number of benzene rings is 4. The molecule has 0 spiro atoms. The number of imide groups is 2. The van der Waals surface area contributed by atoms with Crippen molar-refractivity contribution >= 4 is 53.0 Å². The minimum atomic E-state index is -5.12. The molecule has 2 aliphatic heterocycles. The summed E-state index contributed by atoms with van der Waals surface area (Å²) in [6.45, 7) is 0.797. The zero-order valence-corrected chi connectivity index (χ0v) is 25.7. The zero-order valence-electron chi connectivity index (χ0n) is 25.7. The first-order valence-corrected chi connectivity index (χ1v) is 14.5. The number of anilines is 3. The summed E-state index contributed by atoms with van der Waals surface area (Å²) in [6.07, 6.45) is 5.96. The molecule has 0 bridgehead atoms. The Balaban J connectivity index is 1.54. The van der Waals surface area contributed by atoms with Gasteiger partial charge in [-0.05, 0) is 78.7 Å². The third-order valence-corrected chi connectivity index (χ3v) is 8.79. The van der Waals surface area contributed by atoms with Crippen molar-refractivity contribution in [1.29, 1.82) is 0 Å². The molecule has 3 N–H and O–H groups in total. The Morgan fingerprint density at radius 1 is 0.720 bits per heavy atom. The van der Waals surface area contributed by atoms with Crippen molar-refractivity contribution in [3.8, 4) is 24.7 Å². The molecule has 0 saturated carbocycles. The number of carbonyl (C=O) groups excluding carboxylic acids is 6. The van der Waals surface area contributed by atoms with Gasteiger partial charge < -0.3 is 11.1 Å². The van der Waals surface area contributed by atoms with Crippen LogP contribution in [-0.2, 0) is 10.2 Å². The average Bonchev–Trinajstić information content (AvgIpc) is 3.49. The highest BCUT2D eigenvalue weighted by Gasteiger charge is 2.54. The lowest BCUT2D eigenvalue weighted by Gasteiger charge is -2.35. The van der Waals surface area contributed by atoms with Crippen LogP contribution in [-0.4, -0.2) is 42.1 Å². The fourth-order valence-electron chi connectivity index (χ4n) is 6.04. The largest absolute Gasteiger partial charge is 0.402 e. The number of nitrogens with two attached hydrogens (primary N) is 1. The molecular weight excluding hydrogens is 653 g/mol. The van der Waals surface area contributed by atoms with Crippen LogP contribution in [0, 0.1) is 24.7 Å². The predicted octanol–water partition coefficient (Wildman–Crippen LogP) is 4.79. The molecule has 50 heavy (non-hydrogen) atoms. The van der Waals surface area contributed by atoms with E-state index >= 15 is 13.2 Å². The lowest BCUT2D eigenvalue weighted by molar-refractivity contribution is -0.173. The lowest BCUT2D eigenvalue weighted by Crippen LogP contribution is -2.41. The molecule has 1 atom stereocenters. The first kappa shape index (κ1) is 32.9. The van der Waals surface area contributed by atoms with E-state index in [1.54, 1.807) is 0 Å². The minimum Gasteiger partial charge on any atom is -0.366 e. The second kappa shape index (κ2) is 11.6. The second-order valence-electron chi connectivity index (χ2n) is 11.4. The highest BCUT2D eigenvalue weighted by molar-refractivity contribution is 6.36. The van der Waals surface area contributed by atoms with Gasteiger partial charge in [-0.15, -0.1) is 12.8 Å². The monoisotopic (exact) mass is 674 g/mol. The van der Waals surface area contributed by atoms with Gasteiger partial charge in [-0.25, -0.2) is 9.80 Å². The molecule has 0 saturated heterocycles. The quantitative estimate of drug-likeness (QED) is 0.164. The molecule has 1 unspecified atom stereocenters. The van der Waals surface area contributed by atoms with Gasteiger partial charge in [0, 0.05) is 11.1 Å². The van der Waals surface area contributed by atoms with Crippen LogP contribution in [0.15, 0.2) is 72.8 Å². The van der Waals surface area contributed by atoms with Crippen LogP contribution in [0.5, 0.6) is 0 Å². The average molecular weight is 675 g/mol. The molecule has 4 aromatic rings. The van der Waals surface area contributed by atoms with Gasteiger partial charge in [-0.2, -0.15) is 13.2 Å². The summed E-state index contributed by atoms with van der Waals surface area (Å²) in [7, 11) is 0. The van der Waals surface area contributed by atoms with Gasteiger partial charge in [-0.1, -0.05) is 24.0 Å². The van der Waals surface area contributed by atoms with E-state index in [4.69, 9.17) is 18.6 Å². The van der Waals surface area contributed by atoms with Gasteiger partial charge in [0.15, 0.2) is 0 Å². The number of terminal acetylenes is 2. The molecule has 2 aliphatic rings. The number of hydrogen-bond acceptors (Lipinski definition) is 6. The summed E-state index contributed by atoms with van der Waals surface area (Å²) >= 11 is 0. The highest BCUT2D eigenvalue weighted by atomic mass is 19.4. The number of alkyl halides is 3. The normalized spacial score (nSPS) is 14.8. The number of nitrogens with one attached hydrogen (secondary N) is 1. The molecule has 0 aliphatic carbocycles. The van der Waals surface area contributed by atoms with Crippen molar-refractivity contribution in [2.75, 3.05) is 15.1 Å². The molecule has 6 amide bonds. The molecule has 0 radical (unpaired) electrons.